The van der Waals surface area contributed by atoms with Crippen molar-refractivity contribution in [3.05, 3.63) is 22.4 Å². The lowest BCUT2D eigenvalue weighted by atomic mass is 9.80. The van der Waals surface area contributed by atoms with E-state index in [4.69, 9.17) is 16.2 Å². The summed E-state index contributed by atoms with van der Waals surface area (Å²) in [5.74, 6) is 1.73. The highest BCUT2D eigenvalue weighted by Gasteiger charge is 2.34. The number of amides is 1. The molecule has 1 aromatic rings. The minimum atomic E-state index is -0.135. The van der Waals surface area contributed by atoms with Crippen molar-refractivity contribution < 1.29 is 9.53 Å². The number of nitrogens with two attached hydrogens (primary N) is 2. The van der Waals surface area contributed by atoms with Crippen LogP contribution < -0.4 is 11.5 Å². The molecule has 0 aliphatic heterocycles. The minimum Gasteiger partial charge on any atom is -0.368 e. The summed E-state index contributed by atoms with van der Waals surface area (Å²) in [6, 6.07) is 3.90. The van der Waals surface area contributed by atoms with E-state index in [0.717, 1.165) is 29.6 Å². The molecule has 0 bridgehead atoms. The summed E-state index contributed by atoms with van der Waals surface area (Å²) in [6.07, 6.45) is 7.81. The fourth-order valence-corrected chi connectivity index (χ4v) is 5.13. The van der Waals surface area contributed by atoms with E-state index in [1.807, 2.05) is 17.5 Å². The van der Waals surface area contributed by atoms with Gasteiger partial charge >= 0.3 is 0 Å². The largest absolute Gasteiger partial charge is 0.368 e. The monoisotopic (exact) mass is 365 g/mol. The van der Waals surface area contributed by atoms with Crippen LogP contribution in [0.5, 0.6) is 0 Å². The molecule has 25 heavy (non-hydrogen) atoms. The Labute approximate surface area is 154 Å². The van der Waals surface area contributed by atoms with Crippen molar-refractivity contribution in [3.63, 3.8) is 0 Å². The number of hydrogen-bond acceptors (Lipinski definition) is 5. The Morgan fingerprint density at radius 1 is 1.24 bits per heavy atom. The summed E-state index contributed by atoms with van der Waals surface area (Å²) in [5, 5.41) is 2.02. The summed E-state index contributed by atoms with van der Waals surface area (Å²) in [7, 11) is 0. The number of thiophene rings is 1. The van der Waals surface area contributed by atoms with Crippen molar-refractivity contribution in [2.45, 2.75) is 57.2 Å². The summed E-state index contributed by atoms with van der Waals surface area (Å²) < 4.78 is 6.02. The van der Waals surface area contributed by atoms with Crippen LogP contribution in [0.1, 0.15) is 43.4 Å². The third-order valence-corrected chi connectivity index (χ3v) is 6.76. The lowest BCUT2D eigenvalue weighted by Gasteiger charge is -2.33. The maximum Gasteiger partial charge on any atom is 0.249 e. The Kier molecular flexibility index (Phi) is 6.87. The molecule has 0 radical (unpaired) electrons. The third kappa shape index (κ3) is 4.82. The molecule has 140 valence electrons. The van der Waals surface area contributed by atoms with Crippen LogP contribution in [-0.4, -0.2) is 42.6 Å². The predicted molar refractivity (Wildman–Crippen MR) is 101 cm³/mol. The molecule has 2 saturated carbocycles. The third-order valence-electron chi connectivity index (χ3n) is 5.90. The SMILES string of the molecule is NCC(CN)N(Cc1cccs1)C(=O)COC1CCC2CCCC2C1. The molecule has 5 nitrogen and oxygen atoms in total. The molecule has 0 spiro atoms. The molecule has 0 aromatic carbocycles. The molecule has 2 aliphatic rings. The highest BCUT2D eigenvalue weighted by Crippen LogP contribution is 2.42. The second kappa shape index (κ2) is 9.12. The van der Waals surface area contributed by atoms with E-state index in [1.165, 1.54) is 25.7 Å². The first kappa shape index (κ1) is 18.8. The van der Waals surface area contributed by atoms with Gasteiger partial charge in [-0.05, 0) is 42.5 Å². The van der Waals surface area contributed by atoms with Crippen LogP contribution in [0.4, 0.5) is 0 Å². The van der Waals surface area contributed by atoms with E-state index in [9.17, 15) is 4.79 Å². The van der Waals surface area contributed by atoms with Crippen LogP contribution in [-0.2, 0) is 16.1 Å². The average molecular weight is 366 g/mol. The van der Waals surface area contributed by atoms with Gasteiger partial charge in [0.2, 0.25) is 5.91 Å². The molecule has 2 aliphatic carbocycles. The molecule has 1 aromatic heterocycles. The van der Waals surface area contributed by atoms with E-state index in [1.54, 1.807) is 16.2 Å². The molecular formula is C19H31N3O2S. The van der Waals surface area contributed by atoms with E-state index in [2.05, 4.69) is 0 Å². The maximum atomic E-state index is 12.8. The summed E-state index contributed by atoms with van der Waals surface area (Å²) in [4.78, 5) is 15.7. The average Bonchev–Trinajstić information content (AvgIpc) is 3.30. The Bertz CT molecular complexity index is 533. The fourth-order valence-electron chi connectivity index (χ4n) is 4.42. The highest BCUT2D eigenvalue weighted by atomic mass is 32.1. The zero-order valence-corrected chi connectivity index (χ0v) is 15.8. The summed E-state index contributed by atoms with van der Waals surface area (Å²) in [6.45, 7) is 1.46. The molecule has 1 heterocycles. The van der Waals surface area contributed by atoms with E-state index in [-0.39, 0.29) is 24.7 Å². The Morgan fingerprint density at radius 2 is 2.04 bits per heavy atom. The second-order valence-electron chi connectivity index (χ2n) is 7.42. The number of fused-ring (bicyclic) bond motifs is 1. The molecule has 3 unspecified atom stereocenters. The Balaban J connectivity index is 1.54. The molecule has 2 fully saturated rings. The first-order chi connectivity index (χ1) is 12.2. The molecule has 4 N–H and O–H groups in total. The van der Waals surface area contributed by atoms with Gasteiger partial charge in [0.1, 0.15) is 6.61 Å². The van der Waals surface area contributed by atoms with Gasteiger partial charge in [-0.15, -0.1) is 11.3 Å². The van der Waals surface area contributed by atoms with Gasteiger partial charge in [0.15, 0.2) is 0 Å². The molecule has 3 rings (SSSR count). The molecule has 6 heteroatoms. The maximum absolute atomic E-state index is 12.8. The zero-order valence-electron chi connectivity index (χ0n) is 14.9. The summed E-state index contributed by atoms with van der Waals surface area (Å²) in [5.41, 5.74) is 11.7. The summed E-state index contributed by atoms with van der Waals surface area (Å²) >= 11 is 1.65. The predicted octanol–water partition coefficient (Wildman–Crippen LogP) is 2.35. The number of carbonyl (C=O) groups excluding carboxylic acids is 1. The van der Waals surface area contributed by atoms with Gasteiger partial charge in [-0.1, -0.05) is 25.3 Å². The smallest absolute Gasteiger partial charge is 0.249 e. The van der Waals surface area contributed by atoms with Crippen molar-refractivity contribution in [3.8, 4) is 0 Å². The van der Waals surface area contributed by atoms with E-state index >= 15 is 0 Å². The van der Waals surface area contributed by atoms with Crippen LogP contribution in [0, 0.1) is 11.8 Å². The zero-order chi connectivity index (χ0) is 17.6. The molecular weight excluding hydrogens is 334 g/mol. The number of carbonyl (C=O) groups is 1. The fraction of sp³-hybridized carbons (Fsp3) is 0.737. The molecule has 0 saturated heterocycles. The van der Waals surface area contributed by atoms with Crippen molar-refractivity contribution >= 4 is 17.2 Å². The molecule has 1 amide bonds. The topological polar surface area (TPSA) is 81.6 Å². The lowest BCUT2D eigenvalue weighted by Crippen LogP contribution is -2.49. The standard InChI is InChI=1S/C19H31N3O2S/c20-10-16(11-21)22(12-18-5-2-8-25-18)19(23)13-24-17-7-6-14-3-1-4-15(14)9-17/h2,5,8,14-17H,1,3-4,6-7,9-13,20-21H2. The van der Waals surface area contributed by atoms with Gasteiger partial charge in [0.25, 0.3) is 0 Å². The van der Waals surface area contributed by atoms with Crippen LogP contribution in [0.3, 0.4) is 0 Å². The Morgan fingerprint density at radius 3 is 2.76 bits per heavy atom. The van der Waals surface area contributed by atoms with Crippen molar-refractivity contribution in [2.24, 2.45) is 23.3 Å². The Hall–Kier alpha value is -0.950. The van der Waals surface area contributed by atoms with Crippen LogP contribution >= 0.6 is 11.3 Å². The first-order valence-corrected chi connectivity index (χ1v) is 10.4. The number of ether oxygens (including phenoxy) is 1. The van der Waals surface area contributed by atoms with Crippen LogP contribution in [0.25, 0.3) is 0 Å². The first-order valence-electron chi connectivity index (χ1n) is 9.54. The van der Waals surface area contributed by atoms with Crippen molar-refractivity contribution in [1.82, 2.24) is 4.90 Å². The van der Waals surface area contributed by atoms with E-state index in [0.29, 0.717) is 19.6 Å². The van der Waals surface area contributed by atoms with Gasteiger partial charge in [-0.25, -0.2) is 0 Å². The molecule has 3 atom stereocenters. The normalized spacial score (nSPS) is 26.0. The van der Waals surface area contributed by atoms with Gasteiger partial charge < -0.3 is 21.1 Å². The number of hydrogen-bond donors (Lipinski definition) is 2. The number of nitrogens with zero attached hydrogens (tertiary/aromatic N) is 1. The van der Waals surface area contributed by atoms with Crippen molar-refractivity contribution in [1.29, 1.82) is 0 Å². The van der Waals surface area contributed by atoms with Gasteiger partial charge in [0.05, 0.1) is 18.7 Å². The van der Waals surface area contributed by atoms with E-state index < -0.39 is 0 Å². The van der Waals surface area contributed by atoms with Crippen molar-refractivity contribution in [2.75, 3.05) is 19.7 Å². The minimum absolute atomic E-state index is 0.00263. The van der Waals surface area contributed by atoms with Gasteiger partial charge in [0, 0.05) is 18.0 Å². The number of rotatable bonds is 8. The van der Waals surface area contributed by atoms with Gasteiger partial charge in [-0.2, -0.15) is 0 Å². The van der Waals surface area contributed by atoms with Crippen LogP contribution in [0.15, 0.2) is 17.5 Å². The quantitative estimate of drug-likeness (QED) is 0.741. The van der Waals surface area contributed by atoms with Crippen LogP contribution in [0.2, 0.25) is 0 Å². The van der Waals surface area contributed by atoms with Gasteiger partial charge in [-0.3, -0.25) is 4.79 Å². The second-order valence-corrected chi connectivity index (χ2v) is 8.46. The lowest BCUT2D eigenvalue weighted by molar-refractivity contribution is -0.142. The highest BCUT2D eigenvalue weighted by molar-refractivity contribution is 7.09.